The monoisotopic (exact) mass is 642 g/mol. The number of alkyl halides is 3. The lowest BCUT2D eigenvalue weighted by Gasteiger charge is -2.26. The minimum atomic E-state index is -4.60. The van der Waals surface area contributed by atoms with E-state index in [9.17, 15) is 18.0 Å². The van der Waals surface area contributed by atoms with Gasteiger partial charge in [-0.25, -0.2) is 9.78 Å². The standard InChI is InChI=1S/C31H34ClF3N8O2/c1-3-43-11-10-19(16-43)25(8-6-22-14-20-13-18(28(36)37)4-9-26(20)45-22)40-27-12-17(2)38-29(41-27)42-30(44)39-21-5-7-23(24(32)15-21)31(33,34)35/h4-5,7,9,12-15,19,25H,3,6,8,10-11,16H2,1-2H3,(H3,36,37)(H3,38,39,40,41,42,44). The van der Waals surface area contributed by atoms with Crippen LogP contribution in [0.15, 0.2) is 52.9 Å². The highest BCUT2D eigenvalue weighted by molar-refractivity contribution is 6.31. The Morgan fingerprint density at radius 1 is 1.18 bits per heavy atom. The first-order chi connectivity index (χ1) is 21.4. The van der Waals surface area contributed by atoms with E-state index in [0.717, 1.165) is 67.4 Å². The molecule has 3 heterocycles. The van der Waals surface area contributed by atoms with Gasteiger partial charge < -0.3 is 25.7 Å². The maximum absolute atomic E-state index is 13.0. The molecule has 238 valence electrons. The number of nitrogens with zero attached hydrogens (tertiary/aromatic N) is 3. The molecule has 14 heteroatoms. The van der Waals surface area contributed by atoms with Crippen LogP contribution < -0.4 is 21.7 Å². The number of aryl methyl sites for hydroxylation is 2. The van der Waals surface area contributed by atoms with E-state index in [1.54, 1.807) is 19.1 Å². The SMILES string of the molecule is CCN1CCC(C(CCc2cc3cc(C(=N)N)ccc3o2)Nc2cc(C)nc(NC(=O)Nc3ccc(C(F)(F)F)c(Cl)c3)n2)C1. The van der Waals surface area contributed by atoms with Crippen molar-refractivity contribution in [1.29, 1.82) is 5.41 Å². The van der Waals surface area contributed by atoms with Gasteiger partial charge >= 0.3 is 12.2 Å². The fourth-order valence-electron chi connectivity index (χ4n) is 5.57. The Hall–Kier alpha value is -4.36. The Bertz CT molecular complexity index is 1710. The topological polar surface area (TPSA) is 145 Å². The number of benzene rings is 2. The fraction of sp³-hybridized carbons (Fsp3) is 0.355. The number of nitrogens with one attached hydrogen (secondary N) is 4. The maximum atomic E-state index is 13.0. The Kier molecular flexibility index (Phi) is 9.49. The maximum Gasteiger partial charge on any atom is 0.417 e. The number of fused-ring (bicyclic) bond motifs is 1. The fourth-order valence-corrected chi connectivity index (χ4v) is 5.85. The summed E-state index contributed by atoms with van der Waals surface area (Å²) in [5, 5.41) is 16.7. The molecule has 0 saturated carbocycles. The summed E-state index contributed by atoms with van der Waals surface area (Å²) in [5.74, 6) is 1.74. The number of carbonyl (C=O) groups excluding carboxylic acids is 1. The third-order valence-corrected chi connectivity index (χ3v) is 8.16. The average molecular weight is 643 g/mol. The zero-order valence-corrected chi connectivity index (χ0v) is 25.5. The largest absolute Gasteiger partial charge is 0.461 e. The molecule has 0 bridgehead atoms. The summed E-state index contributed by atoms with van der Waals surface area (Å²) in [6.07, 6.45) is -2.17. The molecule has 2 aromatic carbocycles. The van der Waals surface area contributed by atoms with Gasteiger partial charge in [-0.3, -0.25) is 10.7 Å². The molecule has 2 amide bonds. The lowest BCUT2D eigenvalue weighted by molar-refractivity contribution is -0.137. The molecule has 1 fully saturated rings. The molecule has 4 aromatic rings. The highest BCUT2D eigenvalue weighted by Crippen LogP contribution is 2.36. The second kappa shape index (κ2) is 13.3. The molecule has 0 spiro atoms. The van der Waals surface area contributed by atoms with Crippen LogP contribution in [0.4, 0.5) is 35.4 Å². The highest BCUT2D eigenvalue weighted by Gasteiger charge is 2.33. The summed E-state index contributed by atoms with van der Waals surface area (Å²) >= 11 is 5.78. The zero-order chi connectivity index (χ0) is 32.3. The number of amides is 2. The van der Waals surface area contributed by atoms with Crippen LogP contribution in [0.2, 0.25) is 5.02 Å². The first kappa shape index (κ1) is 32.0. The smallest absolute Gasteiger partial charge is 0.417 e. The van der Waals surface area contributed by atoms with Gasteiger partial charge in [0.2, 0.25) is 5.95 Å². The molecule has 1 aliphatic rings. The third kappa shape index (κ3) is 8.03. The van der Waals surface area contributed by atoms with E-state index < -0.39 is 22.8 Å². The van der Waals surface area contributed by atoms with Gasteiger partial charge in [-0.15, -0.1) is 0 Å². The number of nitrogens with two attached hydrogens (primary N) is 1. The van der Waals surface area contributed by atoms with Gasteiger partial charge in [-0.1, -0.05) is 18.5 Å². The minimum Gasteiger partial charge on any atom is -0.461 e. The van der Waals surface area contributed by atoms with Crippen LogP contribution in [0.25, 0.3) is 11.0 Å². The van der Waals surface area contributed by atoms with E-state index in [1.807, 2.05) is 18.2 Å². The van der Waals surface area contributed by atoms with Gasteiger partial charge in [0.25, 0.3) is 0 Å². The number of urea groups is 1. The van der Waals surface area contributed by atoms with Gasteiger partial charge in [0, 0.05) is 47.4 Å². The summed E-state index contributed by atoms with van der Waals surface area (Å²) in [7, 11) is 0. The van der Waals surface area contributed by atoms with Crippen molar-refractivity contribution in [2.75, 3.05) is 35.6 Å². The summed E-state index contributed by atoms with van der Waals surface area (Å²) in [4.78, 5) is 23.9. The van der Waals surface area contributed by atoms with E-state index in [-0.39, 0.29) is 23.5 Å². The van der Waals surface area contributed by atoms with E-state index in [1.165, 1.54) is 0 Å². The number of hydrogen-bond donors (Lipinski definition) is 5. The molecule has 0 aliphatic carbocycles. The second-order valence-corrected chi connectivity index (χ2v) is 11.5. The van der Waals surface area contributed by atoms with Crippen LogP contribution >= 0.6 is 11.6 Å². The number of hydrogen-bond acceptors (Lipinski definition) is 7. The van der Waals surface area contributed by atoms with Crippen molar-refractivity contribution in [3.63, 3.8) is 0 Å². The normalized spacial score (nSPS) is 16.1. The highest BCUT2D eigenvalue weighted by atomic mass is 35.5. The molecule has 10 nitrogen and oxygen atoms in total. The van der Waals surface area contributed by atoms with Crippen LogP contribution in [0.5, 0.6) is 0 Å². The van der Waals surface area contributed by atoms with Gasteiger partial charge in [0.05, 0.1) is 10.6 Å². The number of furan rings is 1. The van der Waals surface area contributed by atoms with Crippen molar-refractivity contribution < 1.29 is 22.4 Å². The molecule has 1 aliphatic heterocycles. The Morgan fingerprint density at radius 2 is 1.98 bits per heavy atom. The molecule has 2 unspecified atom stereocenters. The van der Waals surface area contributed by atoms with E-state index >= 15 is 0 Å². The van der Waals surface area contributed by atoms with Crippen LogP contribution in [0.1, 0.15) is 42.3 Å². The van der Waals surface area contributed by atoms with E-state index in [4.69, 9.17) is 27.2 Å². The van der Waals surface area contributed by atoms with Crippen LogP contribution in [0, 0.1) is 18.3 Å². The van der Waals surface area contributed by atoms with Crippen molar-refractivity contribution >= 4 is 51.9 Å². The minimum absolute atomic E-state index is 0.00102. The van der Waals surface area contributed by atoms with Crippen molar-refractivity contribution in [3.05, 3.63) is 76.1 Å². The molecular weight excluding hydrogens is 609 g/mol. The Balaban J connectivity index is 1.29. The van der Waals surface area contributed by atoms with Crippen molar-refractivity contribution in [2.24, 2.45) is 11.7 Å². The van der Waals surface area contributed by atoms with Gasteiger partial charge in [-0.2, -0.15) is 18.2 Å². The molecular formula is C31H34ClF3N8O2. The number of carbonyl (C=O) groups is 1. The molecule has 5 rings (SSSR count). The van der Waals surface area contributed by atoms with Gasteiger partial charge in [0.15, 0.2) is 0 Å². The van der Waals surface area contributed by atoms with Crippen LogP contribution in [-0.2, 0) is 12.6 Å². The number of rotatable bonds is 10. The first-order valence-electron chi connectivity index (χ1n) is 14.5. The van der Waals surface area contributed by atoms with Crippen molar-refractivity contribution in [2.45, 2.75) is 45.3 Å². The average Bonchev–Trinajstić information content (AvgIpc) is 3.60. The number of nitrogen functional groups attached to an aromatic ring is 1. The van der Waals surface area contributed by atoms with E-state index in [2.05, 4.69) is 37.7 Å². The van der Waals surface area contributed by atoms with Crippen LogP contribution in [0.3, 0.4) is 0 Å². The number of aromatic nitrogens is 2. The Labute approximate surface area is 263 Å². The lowest BCUT2D eigenvalue weighted by Crippen LogP contribution is -2.33. The molecule has 6 N–H and O–H groups in total. The number of likely N-dealkylation sites (tertiary alicyclic amines) is 1. The molecule has 2 aromatic heterocycles. The predicted molar refractivity (Wildman–Crippen MR) is 169 cm³/mol. The van der Waals surface area contributed by atoms with E-state index in [0.29, 0.717) is 29.4 Å². The summed E-state index contributed by atoms with van der Waals surface area (Å²) in [6, 6.07) is 11.5. The molecule has 2 atom stereocenters. The molecule has 1 saturated heterocycles. The predicted octanol–water partition coefficient (Wildman–Crippen LogP) is 6.89. The first-order valence-corrected chi connectivity index (χ1v) is 14.9. The summed E-state index contributed by atoms with van der Waals surface area (Å²) < 4.78 is 45.2. The number of anilines is 3. The number of halogens is 4. The second-order valence-electron chi connectivity index (χ2n) is 11.1. The summed E-state index contributed by atoms with van der Waals surface area (Å²) in [6.45, 7) is 6.82. The van der Waals surface area contributed by atoms with Crippen molar-refractivity contribution in [3.8, 4) is 0 Å². The zero-order valence-electron chi connectivity index (χ0n) is 24.8. The molecule has 45 heavy (non-hydrogen) atoms. The van der Waals surface area contributed by atoms with Gasteiger partial charge in [0.1, 0.15) is 23.0 Å². The Morgan fingerprint density at radius 3 is 2.67 bits per heavy atom. The lowest BCUT2D eigenvalue weighted by atomic mass is 9.94. The van der Waals surface area contributed by atoms with Crippen molar-refractivity contribution in [1.82, 2.24) is 14.9 Å². The molecule has 0 radical (unpaired) electrons. The third-order valence-electron chi connectivity index (χ3n) is 7.85. The number of amidine groups is 1. The summed E-state index contributed by atoms with van der Waals surface area (Å²) in [5.41, 5.74) is 6.72. The van der Waals surface area contributed by atoms with Crippen LogP contribution in [-0.4, -0.2) is 52.4 Å². The van der Waals surface area contributed by atoms with Gasteiger partial charge in [-0.05, 0) is 81.2 Å². The quantitative estimate of drug-likeness (QED) is 0.0936.